The maximum Gasteiger partial charge on any atom is 0.0346 e. The zero-order valence-electron chi connectivity index (χ0n) is 14.3. The minimum atomic E-state index is 1.01. The van der Waals surface area contributed by atoms with E-state index in [1.54, 1.807) is 0 Å². The van der Waals surface area contributed by atoms with E-state index in [0.717, 1.165) is 26.1 Å². The molecule has 3 rings (SSSR count). The van der Waals surface area contributed by atoms with Crippen LogP contribution in [0.15, 0.2) is 42.7 Å². The summed E-state index contributed by atoms with van der Waals surface area (Å²) in [7, 11) is 0. The molecule has 0 aliphatic carbocycles. The molecule has 23 heavy (non-hydrogen) atoms. The van der Waals surface area contributed by atoms with Gasteiger partial charge in [0.25, 0.3) is 0 Å². The largest absolute Gasteiger partial charge is 0.301 e. The highest BCUT2D eigenvalue weighted by atomic mass is 15.3. The molecule has 0 spiro atoms. The van der Waals surface area contributed by atoms with Crippen LogP contribution in [0.25, 0.3) is 11.1 Å². The van der Waals surface area contributed by atoms with E-state index < -0.39 is 0 Å². The molecule has 1 aliphatic rings. The van der Waals surface area contributed by atoms with Gasteiger partial charge in [0, 0.05) is 50.7 Å². The van der Waals surface area contributed by atoms with Crippen LogP contribution < -0.4 is 0 Å². The Kier molecular flexibility index (Phi) is 5.42. The molecular weight excluding hydrogens is 282 g/mol. The number of nitrogens with zero attached hydrogens (tertiary/aromatic N) is 3. The van der Waals surface area contributed by atoms with Gasteiger partial charge >= 0.3 is 0 Å². The number of aromatic nitrogens is 1. The summed E-state index contributed by atoms with van der Waals surface area (Å²) in [4.78, 5) is 9.51. The van der Waals surface area contributed by atoms with Gasteiger partial charge in [0.1, 0.15) is 0 Å². The highest BCUT2D eigenvalue weighted by Crippen LogP contribution is 2.21. The van der Waals surface area contributed by atoms with E-state index in [4.69, 9.17) is 0 Å². The smallest absolute Gasteiger partial charge is 0.0346 e. The molecule has 1 fully saturated rings. The molecule has 122 valence electrons. The molecule has 0 amide bonds. The SMILES string of the molecule is CCc1ccc(-c2cncc(CN3CCN(CC)CC3)c2)cc1. The molecule has 2 heterocycles. The third kappa shape index (κ3) is 4.18. The number of benzene rings is 1. The fraction of sp³-hybridized carbons (Fsp3) is 0.450. The molecule has 0 radical (unpaired) electrons. The summed E-state index contributed by atoms with van der Waals surface area (Å²) < 4.78 is 0. The van der Waals surface area contributed by atoms with Crippen molar-refractivity contribution < 1.29 is 0 Å². The first-order chi connectivity index (χ1) is 11.3. The van der Waals surface area contributed by atoms with E-state index in [0.29, 0.717) is 0 Å². The van der Waals surface area contributed by atoms with Gasteiger partial charge in [-0.1, -0.05) is 38.1 Å². The predicted molar refractivity (Wildman–Crippen MR) is 96.4 cm³/mol. The van der Waals surface area contributed by atoms with E-state index in [1.807, 2.05) is 12.4 Å². The lowest BCUT2D eigenvalue weighted by Gasteiger charge is -2.34. The van der Waals surface area contributed by atoms with E-state index in [1.165, 1.54) is 41.9 Å². The standard InChI is InChI=1S/C20H27N3/c1-3-17-5-7-19(8-6-17)20-13-18(14-21-15-20)16-23-11-9-22(4-2)10-12-23/h5-8,13-15H,3-4,9-12,16H2,1-2H3. The van der Waals surface area contributed by atoms with Gasteiger partial charge in [-0.05, 0) is 35.7 Å². The monoisotopic (exact) mass is 309 g/mol. The topological polar surface area (TPSA) is 19.4 Å². The van der Waals surface area contributed by atoms with Crippen molar-refractivity contribution in [3.63, 3.8) is 0 Å². The Morgan fingerprint density at radius 1 is 0.826 bits per heavy atom. The molecule has 0 saturated carbocycles. The quantitative estimate of drug-likeness (QED) is 0.843. The number of likely N-dealkylation sites (N-methyl/N-ethyl adjacent to an activating group) is 1. The minimum absolute atomic E-state index is 1.01. The Balaban J connectivity index is 1.67. The van der Waals surface area contributed by atoms with Crippen molar-refractivity contribution in [3.8, 4) is 11.1 Å². The van der Waals surface area contributed by atoms with Gasteiger partial charge in [-0.25, -0.2) is 0 Å². The second-order valence-corrected chi connectivity index (χ2v) is 6.34. The number of pyridine rings is 1. The summed E-state index contributed by atoms with van der Waals surface area (Å²) in [6.07, 6.45) is 5.07. The summed E-state index contributed by atoms with van der Waals surface area (Å²) in [6, 6.07) is 11.1. The molecular formula is C20H27N3. The third-order valence-corrected chi connectivity index (χ3v) is 4.81. The van der Waals surface area contributed by atoms with Gasteiger partial charge in [0.05, 0.1) is 0 Å². The van der Waals surface area contributed by atoms with Gasteiger partial charge in [-0.3, -0.25) is 9.88 Å². The third-order valence-electron chi connectivity index (χ3n) is 4.81. The van der Waals surface area contributed by atoms with Crippen LogP contribution in [-0.2, 0) is 13.0 Å². The number of aryl methyl sites for hydroxylation is 1. The Morgan fingerprint density at radius 3 is 2.17 bits per heavy atom. The molecule has 1 aliphatic heterocycles. The highest BCUT2D eigenvalue weighted by Gasteiger charge is 2.15. The van der Waals surface area contributed by atoms with Gasteiger partial charge in [0.15, 0.2) is 0 Å². The van der Waals surface area contributed by atoms with Crippen LogP contribution in [0, 0.1) is 0 Å². The molecule has 0 N–H and O–H groups in total. The van der Waals surface area contributed by atoms with Crippen molar-refractivity contribution in [2.75, 3.05) is 32.7 Å². The first kappa shape index (κ1) is 16.2. The molecule has 1 saturated heterocycles. The molecule has 2 aromatic rings. The lowest BCUT2D eigenvalue weighted by atomic mass is 10.0. The normalized spacial score (nSPS) is 16.6. The first-order valence-corrected chi connectivity index (χ1v) is 8.76. The summed E-state index contributed by atoms with van der Waals surface area (Å²) in [5.41, 5.74) is 5.17. The van der Waals surface area contributed by atoms with Crippen molar-refractivity contribution in [3.05, 3.63) is 53.9 Å². The zero-order valence-corrected chi connectivity index (χ0v) is 14.3. The van der Waals surface area contributed by atoms with Gasteiger partial charge in [-0.2, -0.15) is 0 Å². The van der Waals surface area contributed by atoms with Crippen LogP contribution in [0.4, 0.5) is 0 Å². The van der Waals surface area contributed by atoms with Crippen LogP contribution in [-0.4, -0.2) is 47.5 Å². The second-order valence-electron chi connectivity index (χ2n) is 6.34. The molecule has 1 aromatic carbocycles. The summed E-state index contributed by atoms with van der Waals surface area (Å²) in [6.45, 7) is 11.3. The van der Waals surface area contributed by atoms with Crippen LogP contribution in [0.3, 0.4) is 0 Å². The lowest BCUT2D eigenvalue weighted by molar-refractivity contribution is 0.132. The zero-order chi connectivity index (χ0) is 16.1. The number of rotatable bonds is 5. The average molecular weight is 309 g/mol. The molecule has 3 heteroatoms. The predicted octanol–water partition coefficient (Wildman–Crippen LogP) is 3.45. The van der Waals surface area contributed by atoms with E-state index in [9.17, 15) is 0 Å². The highest BCUT2D eigenvalue weighted by molar-refractivity contribution is 5.63. The van der Waals surface area contributed by atoms with Crippen LogP contribution >= 0.6 is 0 Å². The summed E-state index contributed by atoms with van der Waals surface area (Å²) in [5.74, 6) is 0. The summed E-state index contributed by atoms with van der Waals surface area (Å²) >= 11 is 0. The van der Waals surface area contributed by atoms with Crippen LogP contribution in [0.5, 0.6) is 0 Å². The number of hydrogen-bond donors (Lipinski definition) is 0. The molecule has 1 aromatic heterocycles. The Bertz CT molecular complexity index is 613. The maximum absolute atomic E-state index is 4.46. The fourth-order valence-electron chi connectivity index (χ4n) is 3.19. The van der Waals surface area contributed by atoms with Crippen molar-refractivity contribution in [2.24, 2.45) is 0 Å². The molecule has 0 atom stereocenters. The maximum atomic E-state index is 4.46. The van der Waals surface area contributed by atoms with Gasteiger partial charge in [0.2, 0.25) is 0 Å². The second kappa shape index (κ2) is 7.71. The average Bonchev–Trinajstić information content (AvgIpc) is 2.63. The van der Waals surface area contributed by atoms with Crippen LogP contribution in [0.1, 0.15) is 25.0 Å². The molecule has 0 bridgehead atoms. The Morgan fingerprint density at radius 2 is 1.52 bits per heavy atom. The van der Waals surface area contributed by atoms with Crippen LogP contribution in [0.2, 0.25) is 0 Å². The van der Waals surface area contributed by atoms with Gasteiger partial charge in [-0.15, -0.1) is 0 Å². The lowest BCUT2D eigenvalue weighted by Crippen LogP contribution is -2.45. The Hall–Kier alpha value is -1.71. The van der Waals surface area contributed by atoms with Crippen molar-refractivity contribution in [1.29, 1.82) is 0 Å². The first-order valence-electron chi connectivity index (χ1n) is 8.76. The molecule has 0 unspecified atom stereocenters. The Labute approximate surface area is 140 Å². The number of hydrogen-bond acceptors (Lipinski definition) is 3. The van der Waals surface area contributed by atoms with Crippen molar-refractivity contribution >= 4 is 0 Å². The molecule has 3 nitrogen and oxygen atoms in total. The van der Waals surface area contributed by atoms with E-state index in [-0.39, 0.29) is 0 Å². The van der Waals surface area contributed by atoms with Crippen molar-refractivity contribution in [2.45, 2.75) is 26.8 Å². The fourth-order valence-corrected chi connectivity index (χ4v) is 3.19. The van der Waals surface area contributed by atoms with E-state index in [2.05, 4.69) is 59.0 Å². The number of piperazine rings is 1. The van der Waals surface area contributed by atoms with E-state index >= 15 is 0 Å². The minimum Gasteiger partial charge on any atom is -0.301 e. The summed E-state index contributed by atoms with van der Waals surface area (Å²) in [5, 5.41) is 0. The van der Waals surface area contributed by atoms with Crippen molar-refractivity contribution in [1.82, 2.24) is 14.8 Å². The van der Waals surface area contributed by atoms with Gasteiger partial charge < -0.3 is 4.90 Å².